The first kappa shape index (κ1) is 19.2. The topological polar surface area (TPSA) is 80.1 Å². The quantitative estimate of drug-likeness (QED) is 0.851. The van der Waals surface area contributed by atoms with Crippen molar-refractivity contribution in [1.29, 1.82) is 0 Å². The Morgan fingerprint density at radius 3 is 2.70 bits per heavy atom. The van der Waals surface area contributed by atoms with E-state index in [1.54, 1.807) is 18.2 Å². The second kappa shape index (κ2) is 7.55. The molecule has 1 N–H and O–H groups in total. The van der Waals surface area contributed by atoms with Gasteiger partial charge in [0.2, 0.25) is 11.7 Å². The van der Waals surface area contributed by atoms with Gasteiger partial charge in [0.15, 0.2) is 5.82 Å². The van der Waals surface area contributed by atoms with Gasteiger partial charge in [0.1, 0.15) is 0 Å². The number of nitrogens with zero attached hydrogens (tertiary/aromatic N) is 4. The zero-order valence-corrected chi connectivity index (χ0v) is 14.7. The Morgan fingerprint density at radius 2 is 2.00 bits per heavy atom. The van der Waals surface area contributed by atoms with Crippen LogP contribution in [0, 0.1) is 0 Å². The molecule has 1 aromatic carbocycles. The van der Waals surface area contributed by atoms with Gasteiger partial charge in [0, 0.05) is 36.6 Å². The lowest BCUT2D eigenvalue weighted by atomic mass is 10.2. The molecule has 0 unspecified atom stereocenters. The van der Waals surface area contributed by atoms with Crippen molar-refractivity contribution in [3.8, 4) is 0 Å². The summed E-state index contributed by atoms with van der Waals surface area (Å²) in [5, 5.41) is 9.74. The monoisotopic (exact) mass is 401 g/mol. The number of fused-ring (bicyclic) bond motifs is 1. The summed E-state index contributed by atoms with van der Waals surface area (Å²) in [6.45, 7) is 0.137. The van der Waals surface area contributed by atoms with Crippen molar-refractivity contribution in [1.82, 2.24) is 25.0 Å². The van der Waals surface area contributed by atoms with Gasteiger partial charge in [-0.25, -0.2) is 0 Å². The van der Waals surface area contributed by atoms with E-state index in [0.29, 0.717) is 10.6 Å². The van der Waals surface area contributed by atoms with Crippen LogP contribution in [0.1, 0.15) is 28.4 Å². The zero-order chi connectivity index (χ0) is 19.6. The predicted molar refractivity (Wildman–Crippen MR) is 88.8 cm³/mol. The van der Waals surface area contributed by atoms with Gasteiger partial charge in [-0.05, 0) is 18.2 Å². The zero-order valence-electron chi connectivity index (χ0n) is 14.0. The van der Waals surface area contributed by atoms with Crippen LogP contribution in [0.5, 0.6) is 0 Å². The van der Waals surface area contributed by atoms with Crippen LogP contribution in [0.2, 0.25) is 5.02 Å². The Bertz CT molecular complexity index is 868. The number of benzene rings is 1. The molecule has 1 aromatic heterocycles. The molecule has 2 amide bonds. The fourth-order valence-corrected chi connectivity index (χ4v) is 2.94. The van der Waals surface area contributed by atoms with E-state index in [0.717, 1.165) is 4.57 Å². The van der Waals surface area contributed by atoms with Crippen LogP contribution in [0.25, 0.3) is 0 Å². The third-order valence-electron chi connectivity index (χ3n) is 4.07. The lowest BCUT2D eigenvalue weighted by Crippen LogP contribution is -2.40. The molecule has 0 spiro atoms. The van der Waals surface area contributed by atoms with Gasteiger partial charge in [0.25, 0.3) is 5.91 Å². The second-order valence-electron chi connectivity index (χ2n) is 5.92. The van der Waals surface area contributed by atoms with Crippen molar-refractivity contribution in [3.05, 3.63) is 46.5 Å². The number of carbonyl (C=O) groups excluding carboxylic acids is 2. The van der Waals surface area contributed by atoms with Crippen molar-refractivity contribution in [2.75, 3.05) is 13.1 Å². The molecule has 144 valence electrons. The Labute approximate surface area is 157 Å². The number of hydrogen-bond acceptors (Lipinski definition) is 4. The van der Waals surface area contributed by atoms with E-state index in [2.05, 4.69) is 15.5 Å². The van der Waals surface area contributed by atoms with Gasteiger partial charge in [-0.15, -0.1) is 10.2 Å². The molecule has 0 radical (unpaired) electrons. The number of rotatable bonds is 4. The van der Waals surface area contributed by atoms with Gasteiger partial charge in [-0.1, -0.05) is 17.7 Å². The number of amides is 2. The molecule has 0 saturated heterocycles. The molecule has 0 atom stereocenters. The average Bonchev–Trinajstić information content (AvgIpc) is 3.05. The average molecular weight is 402 g/mol. The van der Waals surface area contributed by atoms with Gasteiger partial charge in [-0.2, -0.15) is 13.2 Å². The van der Waals surface area contributed by atoms with E-state index in [9.17, 15) is 22.8 Å². The Morgan fingerprint density at radius 1 is 1.22 bits per heavy atom. The van der Waals surface area contributed by atoms with Crippen LogP contribution in [0.4, 0.5) is 13.2 Å². The summed E-state index contributed by atoms with van der Waals surface area (Å²) in [4.78, 5) is 25.6. The first-order valence-corrected chi connectivity index (χ1v) is 8.44. The predicted octanol–water partition coefficient (Wildman–Crippen LogP) is 2.11. The SMILES string of the molecule is O=C(NCCC(=O)N1CCn2c(nnc2C(F)(F)F)C1)c1cccc(Cl)c1. The molecule has 11 heteroatoms. The highest BCUT2D eigenvalue weighted by Gasteiger charge is 2.39. The van der Waals surface area contributed by atoms with Crippen molar-refractivity contribution in [2.45, 2.75) is 25.7 Å². The van der Waals surface area contributed by atoms with E-state index in [1.807, 2.05) is 0 Å². The highest BCUT2D eigenvalue weighted by atomic mass is 35.5. The van der Waals surface area contributed by atoms with E-state index >= 15 is 0 Å². The minimum atomic E-state index is -4.58. The van der Waals surface area contributed by atoms with E-state index in [-0.39, 0.29) is 50.2 Å². The normalized spacial score (nSPS) is 14.0. The van der Waals surface area contributed by atoms with Crippen LogP contribution in [0.15, 0.2) is 24.3 Å². The molecule has 2 heterocycles. The molecular weight excluding hydrogens is 387 g/mol. The van der Waals surface area contributed by atoms with Crippen LogP contribution >= 0.6 is 11.6 Å². The maximum absolute atomic E-state index is 12.8. The van der Waals surface area contributed by atoms with E-state index < -0.39 is 12.0 Å². The molecule has 0 bridgehead atoms. The van der Waals surface area contributed by atoms with Gasteiger partial charge in [-0.3, -0.25) is 9.59 Å². The van der Waals surface area contributed by atoms with Crippen molar-refractivity contribution >= 4 is 23.4 Å². The lowest BCUT2D eigenvalue weighted by Gasteiger charge is -2.28. The summed E-state index contributed by atoms with van der Waals surface area (Å²) in [5.41, 5.74) is 0.376. The van der Waals surface area contributed by atoms with Gasteiger partial charge >= 0.3 is 6.18 Å². The molecule has 7 nitrogen and oxygen atoms in total. The molecule has 2 aromatic rings. The number of aromatic nitrogens is 3. The fourth-order valence-electron chi connectivity index (χ4n) is 2.75. The highest BCUT2D eigenvalue weighted by Crippen LogP contribution is 2.29. The minimum absolute atomic E-state index is 0.0204. The number of alkyl halides is 3. The lowest BCUT2D eigenvalue weighted by molar-refractivity contribution is -0.148. The molecule has 3 rings (SSSR count). The fraction of sp³-hybridized carbons (Fsp3) is 0.375. The third kappa shape index (κ3) is 4.38. The summed E-state index contributed by atoms with van der Waals surface area (Å²) >= 11 is 5.82. The number of nitrogens with one attached hydrogen (secondary N) is 1. The molecule has 0 saturated carbocycles. The van der Waals surface area contributed by atoms with Crippen molar-refractivity contribution in [3.63, 3.8) is 0 Å². The molecule has 27 heavy (non-hydrogen) atoms. The largest absolute Gasteiger partial charge is 0.451 e. The summed E-state index contributed by atoms with van der Waals surface area (Å²) in [6.07, 6.45) is -4.56. The van der Waals surface area contributed by atoms with Gasteiger partial charge in [0.05, 0.1) is 6.54 Å². The Balaban J connectivity index is 1.52. The first-order valence-electron chi connectivity index (χ1n) is 8.06. The summed E-state index contributed by atoms with van der Waals surface area (Å²) in [6, 6.07) is 6.38. The molecule has 0 fully saturated rings. The summed E-state index contributed by atoms with van der Waals surface area (Å²) in [7, 11) is 0. The Kier molecular flexibility index (Phi) is 5.36. The number of hydrogen-bond donors (Lipinski definition) is 1. The standard InChI is InChI=1S/C16H15ClF3N5O2/c17-11-3-1-2-10(8-11)14(27)21-5-4-13(26)24-6-7-25-12(9-24)22-23-15(25)16(18,19)20/h1-3,8H,4-7,9H2,(H,21,27). The molecular formula is C16H15ClF3N5O2. The smallest absolute Gasteiger partial charge is 0.352 e. The summed E-state index contributed by atoms with van der Waals surface area (Å²) in [5.74, 6) is -1.62. The van der Waals surface area contributed by atoms with E-state index in [1.165, 1.54) is 11.0 Å². The number of halogens is 4. The number of carbonyl (C=O) groups is 2. The second-order valence-corrected chi connectivity index (χ2v) is 6.36. The molecule has 0 aliphatic carbocycles. The molecule has 1 aliphatic rings. The van der Waals surface area contributed by atoms with Crippen molar-refractivity contribution < 1.29 is 22.8 Å². The van der Waals surface area contributed by atoms with Crippen LogP contribution in [-0.4, -0.2) is 44.6 Å². The molecule has 1 aliphatic heterocycles. The van der Waals surface area contributed by atoms with Crippen molar-refractivity contribution in [2.24, 2.45) is 0 Å². The van der Waals surface area contributed by atoms with Crippen LogP contribution in [-0.2, 0) is 24.1 Å². The third-order valence-corrected chi connectivity index (χ3v) is 4.31. The van der Waals surface area contributed by atoms with Gasteiger partial charge < -0.3 is 14.8 Å². The maximum atomic E-state index is 12.8. The van der Waals surface area contributed by atoms with Crippen LogP contribution < -0.4 is 5.32 Å². The maximum Gasteiger partial charge on any atom is 0.451 e. The minimum Gasteiger partial charge on any atom is -0.352 e. The Hall–Kier alpha value is -2.62. The van der Waals surface area contributed by atoms with E-state index in [4.69, 9.17) is 11.6 Å². The highest BCUT2D eigenvalue weighted by molar-refractivity contribution is 6.30. The first-order chi connectivity index (χ1) is 12.8. The summed E-state index contributed by atoms with van der Waals surface area (Å²) < 4.78 is 39.4. The van der Waals surface area contributed by atoms with Crippen LogP contribution in [0.3, 0.4) is 0 Å².